The first kappa shape index (κ1) is 12.3. The highest BCUT2D eigenvalue weighted by Crippen LogP contribution is 2.18. The second kappa shape index (κ2) is 4.62. The average Bonchev–Trinajstić information content (AvgIpc) is 2.37. The third kappa shape index (κ3) is 3.17. The van der Waals surface area contributed by atoms with Crippen LogP contribution in [0.3, 0.4) is 0 Å². The molecule has 0 unspecified atom stereocenters. The Morgan fingerprint density at radius 1 is 1.29 bits per heavy atom. The average molecular weight is 249 g/mol. The summed E-state index contributed by atoms with van der Waals surface area (Å²) >= 11 is 0. The second-order valence-corrected chi connectivity index (χ2v) is 9.88. The van der Waals surface area contributed by atoms with E-state index in [1.807, 2.05) is 24.3 Å². The minimum atomic E-state index is -1.56. The minimum Gasteiger partial charge on any atom is -0.413 e. The molecule has 1 aromatic carbocycles. The number of carbonyl (C=O) groups is 1. The molecule has 0 aliphatic carbocycles. The van der Waals surface area contributed by atoms with E-state index in [0.29, 0.717) is 6.54 Å². The molecule has 92 valence electrons. The van der Waals surface area contributed by atoms with Gasteiger partial charge in [0.05, 0.1) is 6.10 Å². The molecule has 0 saturated heterocycles. The van der Waals surface area contributed by atoms with Gasteiger partial charge < -0.3 is 9.74 Å². The van der Waals surface area contributed by atoms with Crippen LogP contribution in [0.1, 0.15) is 15.9 Å². The van der Waals surface area contributed by atoms with E-state index in [1.165, 1.54) is 0 Å². The van der Waals surface area contributed by atoms with Crippen molar-refractivity contribution in [2.75, 3.05) is 6.54 Å². The molecule has 1 atom stereocenters. The van der Waals surface area contributed by atoms with Gasteiger partial charge in [0.15, 0.2) is 8.32 Å². The van der Waals surface area contributed by atoms with E-state index in [2.05, 4.69) is 25.0 Å². The van der Waals surface area contributed by atoms with Gasteiger partial charge in [0, 0.05) is 12.1 Å². The van der Waals surface area contributed by atoms with Crippen molar-refractivity contribution in [3.63, 3.8) is 0 Å². The zero-order valence-electron chi connectivity index (χ0n) is 10.6. The topological polar surface area (TPSA) is 38.3 Å². The van der Waals surface area contributed by atoms with Crippen molar-refractivity contribution < 1.29 is 9.22 Å². The van der Waals surface area contributed by atoms with Crippen LogP contribution < -0.4 is 5.32 Å². The van der Waals surface area contributed by atoms with Gasteiger partial charge in [-0.1, -0.05) is 18.2 Å². The number of amides is 1. The molecule has 2 rings (SSSR count). The molecule has 0 aromatic heterocycles. The first-order chi connectivity index (χ1) is 7.96. The van der Waals surface area contributed by atoms with Crippen molar-refractivity contribution in [2.24, 2.45) is 0 Å². The molecule has 0 saturated carbocycles. The number of benzene rings is 1. The SMILES string of the molecule is C[Si](C)(C)O[C@H]1CNC(=O)c2ccccc2C1. The molecular weight excluding hydrogens is 230 g/mol. The molecule has 17 heavy (non-hydrogen) atoms. The van der Waals surface area contributed by atoms with Gasteiger partial charge in [0.2, 0.25) is 0 Å². The molecule has 0 spiro atoms. The van der Waals surface area contributed by atoms with E-state index < -0.39 is 8.32 Å². The van der Waals surface area contributed by atoms with Gasteiger partial charge in [-0.3, -0.25) is 4.79 Å². The summed E-state index contributed by atoms with van der Waals surface area (Å²) in [5, 5.41) is 2.93. The van der Waals surface area contributed by atoms with Crippen molar-refractivity contribution in [2.45, 2.75) is 32.2 Å². The first-order valence-electron chi connectivity index (χ1n) is 5.99. The van der Waals surface area contributed by atoms with Crippen LogP contribution in [0.2, 0.25) is 19.6 Å². The van der Waals surface area contributed by atoms with Gasteiger partial charge in [0.1, 0.15) is 0 Å². The molecule has 0 radical (unpaired) electrons. The molecule has 3 nitrogen and oxygen atoms in total. The lowest BCUT2D eigenvalue weighted by molar-refractivity contribution is 0.0936. The quantitative estimate of drug-likeness (QED) is 0.816. The third-order valence-corrected chi connectivity index (χ3v) is 3.76. The van der Waals surface area contributed by atoms with Gasteiger partial charge in [-0.05, 0) is 37.7 Å². The van der Waals surface area contributed by atoms with Crippen molar-refractivity contribution in [1.29, 1.82) is 0 Å². The second-order valence-electron chi connectivity index (χ2n) is 5.42. The molecule has 1 amide bonds. The monoisotopic (exact) mass is 249 g/mol. The number of carbonyl (C=O) groups excluding carboxylic acids is 1. The van der Waals surface area contributed by atoms with Crippen molar-refractivity contribution in [1.82, 2.24) is 5.32 Å². The summed E-state index contributed by atoms with van der Waals surface area (Å²) in [6, 6.07) is 7.77. The van der Waals surface area contributed by atoms with Crippen LogP contribution in [0.25, 0.3) is 0 Å². The number of fused-ring (bicyclic) bond motifs is 1. The number of rotatable bonds is 2. The number of hydrogen-bond donors (Lipinski definition) is 1. The van der Waals surface area contributed by atoms with E-state index in [-0.39, 0.29) is 12.0 Å². The highest BCUT2D eigenvalue weighted by molar-refractivity contribution is 6.69. The van der Waals surface area contributed by atoms with Gasteiger partial charge in [-0.25, -0.2) is 0 Å². The third-order valence-electron chi connectivity index (χ3n) is 2.72. The molecule has 0 fully saturated rings. The van der Waals surface area contributed by atoms with E-state index in [0.717, 1.165) is 17.5 Å². The predicted octanol–water partition coefficient (Wildman–Crippen LogP) is 2.19. The zero-order valence-corrected chi connectivity index (χ0v) is 11.6. The highest BCUT2D eigenvalue weighted by Gasteiger charge is 2.26. The molecule has 1 aromatic rings. The van der Waals surface area contributed by atoms with Crippen LogP contribution in [0.15, 0.2) is 24.3 Å². The standard InChI is InChI=1S/C13H19NO2Si/c1-17(2,3)16-11-8-10-6-4-5-7-12(10)13(15)14-9-11/h4-7,11H,8-9H2,1-3H3,(H,14,15)/t11-/m1/s1. The molecule has 1 N–H and O–H groups in total. The van der Waals surface area contributed by atoms with E-state index in [9.17, 15) is 4.79 Å². The fourth-order valence-corrected chi connectivity index (χ4v) is 3.29. The van der Waals surface area contributed by atoms with E-state index in [4.69, 9.17) is 4.43 Å². The Labute approximate surface area is 103 Å². The maximum atomic E-state index is 11.9. The maximum absolute atomic E-state index is 11.9. The van der Waals surface area contributed by atoms with Crippen molar-refractivity contribution in [3.8, 4) is 0 Å². The summed E-state index contributed by atoms with van der Waals surface area (Å²) in [5.41, 5.74) is 1.87. The van der Waals surface area contributed by atoms with Gasteiger partial charge in [-0.2, -0.15) is 0 Å². The number of hydrogen-bond acceptors (Lipinski definition) is 2. The fourth-order valence-electron chi connectivity index (χ4n) is 2.12. The smallest absolute Gasteiger partial charge is 0.251 e. The lowest BCUT2D eigenvalue weighted by atomic mass is 10.0. The minimum absolute atomic E-state index is 0.0160. The summed E-state index contributed by atoms with van der Waals surface area (Å²) in [5.74, 6) is 0.0160. The molecule has 4 heteroatoms. The van der Waals surface area contributed by atoms with Crippen LogP contribution >= 0.6 is 0 Å². The Balaban J connectivity index is 2.21. The summed E-state index contributed by atoms with van der Waals surface area (Å²) in [4.78, 5) is 11.9. The summed E-state index contributed by atoms with van der Waals surface area (Å²) in [7, 11) is -1.56. The summed E-state index contributed by atoms with van der Waals surface area (Å²) in [6.45, 7) is 7.13. The summed E-state index contributed by atoms with van der Waals surface area (Å²) in [6.07, 6.45) is 0.924. The van der Waals surface area contributed by atoms with Gasteiger partial charge in [-0.15, -0.1) is 0 Å². The lowest BCUT2D eigenvalue weighted by Crippen LogP contribution is -2.39. The lowest BCUT2D eigenvalue weighted by Gasteiger charge is -2.25. The molecule has 1 aliphatic rings. The van der Waals surface area contributed by atoms with Crippen LogP contribution in [-0.4, -0.2) is 26.9 Å². The van der Waals surface area contributed by atoms with Crippen molar-refractivity contribution in [3.05, 3.63) is 35.4 Å². The fraction of sp³-hybridized carbons (Fsp3) is 0.462. The van der Waals surface area contributed by atoms with E-state index >= 15 is 0 Å². The van der Waals surface area contributed by atoms with Gasteiger partial charge in [0.25, 0.3) is 5.91 Å². The normalized spacial score (nSPS) is 20.4. The Hall–Kier alpha value is -1.13. The Morgan fingerprint density at radius 2 is 2.00 bits per heavy atom. The molecule has 1 aliphatic heterocycles. The van der Waals surface area contributed by atoms with Crippen LogP contribution in [0.5, 0.6) is 0 Å². The maximum Gasteiger partial charge on any atom is 0.251 e. The Morgan fingerprint density at radius 3 is 2.71 bits per heavy atom. The molecular formula is C13H19NO2Si. The number of nitrogens with one attached hydrogen (secondary N) is 1. The Kier molecular flexibility index (Phi) is 3.35. The zero-order chi connectivity index (χ0) is 12.5. The largest absolute Gasteiger partial charge is 0.413 e. The van der Waals surface area contributed by atoms with E-state index in [1.54, 1.807) is 0 Å². The predicted molar refractivity (Wildman–Crippen MR) is 70.7 cm³/mol. The van der Waals surface area contributed by atoms with Gasteiger partial charge >= 0.3 is 0 Å². The Bertz CT molecular complexity index is 426. The molecule has 1 heterocycles. The summed E-state index contributed by atoms with van der Waals surface area (Å²) < 4.78 is 6.09. The highest BCUT2D eigenvalue weighted by atomic mass is 28.4. The van der Waals surface area contributed by atoms with Crippen LogP contribution in [-0.2, 0) is 10.8 Å². The molecule has 0 bridgehead atoms. The van der Waals surface area contributed by atoms with Crippen molar-refractivity contribution >= 4 is 14.2 Å². The van der Waals surface area contributed by atoms with Crippen LogP contribution in [0.4, 0.5) is 0 Å². The first-order valence-corrected chi connectivity index (χ1v) is 9.40. The van der Waals surface area contributed by atoms with Crippen LogP contribution in [0, 0.1) is 0 Å².